The quantitative estimate of drug-likeness (QED) is 0.319. The number of anilines is 1. The van der Waals surface area contributed by atoms with Crippen LogP contribution in [0.1, 0.15) is 75.2 Å². The fourth-order valence-corrected chi connectivity index (χ4v) is 6.17. The first kappa shape index (κ1) is 30.4. The van der Waals surface area contributed by atoms with Gasteiger partial charge in [0, 0.05) is 44.5 Å². The Labute approximate surface area is 244 Å². The van der Waals surface area contributed by atoms with E-state index in [0.717, 1.165) is 60.8 Å². The van der Waals surface area contributed by atoms with Crippen LogP contribution in [0.15, 0.2) is 48.6 Å². The number of carbonyl (C=O) groups excluding carboxylic acids is 1. The van der Waals surface area contributed by atoms with Crippen molar-refractivity contribution in [1.82, 2.24) is 4.90 Å². The van der Waals surface area contributed by atoms with Crippen molar-refractivity contribution in [2.75, 3.05) is 38.2 Å². The number of benzene rings is 2. The first-order chi connectivity index (χ1) is 19.2. The third-order valence-electron chi connectivity index (χ3n) is 8.64. The molecule has 40 heavy (non-hydrogen) atoms. The van der Waals surface area contributed by atoms with E-state index >= 15 is 0 Å². The van der Waals surface area contributed by atoms with Crippen molar-refractivity contribution in [3.63, 3.8) is 0 Å². The molecule has 1 aliphatic carbocycles. The minimum absolute atomic E-state index is 0.0310. The van der Waals surface area contributed by atoms with Gasteiger partial charge in [0.1, 0.15) is 5.75 Å². The maximum Gasteiger partial charge on any atom is 0.219 e. The van der Waals surface area contributed by atoms with Crippen LogP contribution in [0.5, 0.6) is 5.75 Å². The van der Waals surface area contributed by atoms with Crippen molar-refractivity contribution in [3.05, 3.63) is 70.3 Å². The molecule has 1 aliphatic heterocycles. The van der Waals surface area contributed by atoms with Gasteiger partial charge in [0.25, 0.3) is 0 Å². The van der Waals surface area contributed by atoms with Crippen molar-refractivity contribution < 1.29 is 19.7 Å². The predicted molar refractivity (Wildman–Crippen MR) is 162 cm³/mol. The van der Waals surface area contributed by atoms with Crippen LogP contribution in [0.2, 0.25) is 5.02 Å². The number of aliphatic hydroxyl groups is 2. The summed E-state index contributed by atoms with van der Waals surface area (Å²) in [6.07, 6.45) is 7.68. The van der Waals surface area contributed by atoms with E-state index in [1.54, 1.807) is 25.8 Å². The van der Waals surface area contributed by atoms with E-state index in [-0.39, 0.29) is 17.7 Å². The molecule has 1 fully saturated rings. The molecular weight excluding hydrogens is 524 g/mol. The Bertz CT molecular complexity index is 1180. The third kappa shape index (κ3) is 7.39. The minimum atomic E-state index is -0.564. The van der Waals surface area contributed by atoms with Crippen LogP contribution >= 0.6 is 11.6 Å². The lowest BCUT2D eigenvalue weighted by Gasteiger charge is -2.43. The van der Waals surface area contributed by atoms with Gasteiger partial charge in [-0.15, -0.1) is 0 Å². The number of aliphatic hydroxyl groups excluding tert-OH is 2. The largest absolute Gasteiger partial charge is 0.491 e. The van der Waals surface area contributed by atoms with Crippen LogP contribution in [0.3, 0.4) is 0 Å². The topological polar surface area (TPSA) is 73.2 Å². The van der Waals surface area contributed by atoms with Gasteiger partial charge in [-0.25, -0.2) is 0 Å². The zero-order chi connectivity index (χ0) is 28.8. The summed E-state index contributed by atoms with van der Waals surface area (Å²) in [6, 6.07) is 12.2. The van der Waals surface area contributed by atoms with E-state index in [1.807, 2.05) is 30.4 Å². The van der Waals surface area contributed by atoms with Gasteiger partial charge in [-0.2, -0.15) is 0 Å². The molecule has 2 aromatic carbocycles. The SMILES string of the molecule is CCCc1cc(Cl)ccc1C1COc2ccc(C(C)O)cc2N(CC2CCC2C(O)C/C=C/CN(C)C(C)=O)C1. The molecule has 0 aromatic heterocycles. The lowest BCUT2D eigenvalue weighted by atomic mass is 9.69. The van der Waals surface area contributed by atoms with Crippen molar-refractivity contribution in [3.8, 4) is 5.75 Å². The number of halogens is 1. The van der Waals surface area contributed by atoms with Gasteiger partial charge in [0.15, 0.2) is 0 Å². The summed E-state index contributed by atoms with van der Waals surface area (Å²) in [5.41, 5.74) is 4.44. The van der Waals surface area contributed by atoms with Gasteiger partial charge >= 0.3 is 0 Å². The van der Waals surface area contributed by atoms with Gasteiger partial charge in [-0.1, -0.05) is 49.2 Å². The average molecular weight is 569 g/mol. The van der Waals surface area contributed by atoms with E-state index in [1.165, 1.54) is 11.1 Å². The lowest BCUT2D eigenvalue weighted by Crippen LogP contribution is -2.44. The van der Waals surface area contributed by atoms with Crippen LogP contribution in [0.4, 0.5) is 5.69 Å². The Morgan fingerprint density at radius 1 is 1.20 bits per heavy atom. The molecule has 2 N–H and O–H groups in total. The fraction of sp³-hybridized carbons (Fsp3) is 0.545. The van der Waals surface area contributed by atoms with Gasteiger partial charge in [-0.05, 0) is 85.4 Å². The van der Waals surface area contributed by atoms with Crippen molar-refractivity contribution in [2.45, 2.75) is 71.0 Å². The number of nitrogens with zero attached hydrogens (tertiary/aromatic N) is 2. The number of amides is 1. The van der Waals surface area contributed by atoms with Crippen LogP contribution < -0.4 is 9.64 Å². The molecule has 7 heteroatoms. The molecular formula is C33H45ClN2O4. The fourth-order valence-electron chi connectivity index (χ4n) is 5.97. The summed E-state index contributed by atoms with van der Waals surface area (Å²) >= 11 is 6.38. The Hall–Kier alpha value is -2.54. The van der Waals surface area contributed by atoms with E-state index < -0.39 is 12.2 Å². The van der Waals surface area contributed by atoms with Gasteiger partial charge in [-0.3, -0.25) is 4.79 Å². The number of carbonyl (C=O) groups is 1. The molecule has 2 aliphatic rings. The molecule has 0 radical (unpaired) electrons. The number of aryl methyl sites for hydroxylation is 1. The Morgan fingerprint density at radius 2 is 2.00 bits per heavy atom. The number of hydrogen-bond acceptors (Lipinski definition) is 5. The molecule has 5 unspecified atom stereocenters. The minimum Gasteiger partial charge on any atom is -0.491 e. The van der Waals surface area contributed by atoms with Crippen LogP contribution in [-0.2, 0) is 11.2 Å². The summed E-state index contributed by atoms with van der Waals surface area (Å²) in [5.74, 6) is 1.64. The van der Waals surface area contributed by atoms with Crippen LogP contribution in [0.25, 0.3) is 0 Å². The molecule has 6 nitrogen and oxygen atoms in total. The molecule has 218 valence electrons. The smallest absolute Gasteiger partial charge is 0.219 e. The first-order valence-corrected chi connectivity index (χ1v) is 15.1. The highest BCUT2D eigenvalue weighted by molar-refractivity contribution is 6.30. The standard InChI is InChI=1S/C33H45ClN2O4/c1-5-8-25-17-28(34)12-14-29(25)27-20-36(31-18-24(22(2)37)11-15-33(31)40-21-27)19-26-10-13-30(26)32(39)9-6-7-16-35(4)23(3)38/h6-7,11-12,14-15,17-18,22,26-27,30,32,37,39H,5,8-10,13,16,19-21H2,1-4H3/b7-6+. The molecule has 1 saturated carbocycles. The second-order valence-electron chi connectivity index (χ2n) is 11.6. The van der Waals surface area contributed by atoms with E-state index in [2.05, 4.69) is 30.0 Å². The molecule has 0 spiro atoms. The molecule has 1 amide bonds. The first-order valence-electron chi connectivity index (χ1n) is 14.7. The summed E-state index contributed by atoms with van der Waals surface area (Å²) in [5, 5.41) is 22.1. The highest BCUT2D eigenvalue weighted by Gasteiger charge is 2.38. The Morgan fingerprint density at radius 3 is 2.67 bits per heavy atom. The monoisotopic (exact) mass is 568 g/mol. The Balaban J connectivity index is 1.54. The molecule has 4 rings (SSSR count). The molecule has 0 saturated heterocycles. The zero-order valence-electron chi connectivity index (χ0n) is 24.4. The maximum atomic E-state index is 11.4. The van der Waals surface area contributed by atoms with Crippen LogP contribution in [-0.4, -0.2) is 60.4 Å². The predicted octanol–water partition coefficient (Wildman–Crippen LogP) is 6.14. The number of rotatable bonds is 11. The summed E-state index contributed by atoms with van der Waals surface area (Å²) in [7, 11) is 1.78. The van der Waals surface area contributed by atoms with E-state index in [9.17, 15) is 15.0 Å². The van der Waals surface area contributed by atoms with E-state index in [0.29, 0.717) is 25.5 Å². The number of likely N-dealkylation sites (N-methyl/N-ethyl adjacent to an activating group) is 1. The van der Waals surface area contributed by atoms with Crippen molar-refractivity contribution >= 4 is 23.2 Å². The summed E-state index contributed by atoms with van der Waals surface area (Å²) in [6.45, 7) is 8.28. The normalized spacial score (nSPS) is 22.2. The van der Waals surface area contributed by atoms with Crippen molar-refractivity contribution in [2.24, 2.45) is 11.8 Å². The lowest BCUT2D eigenvalue weighted by molar-refractivity contribution is -0.127. The molecule has 5 atom stereocenters. The Kier molecular flexibility index (Phi) is 10.6. The summed E-state index contributed by atoms with van der Waals surface area (Å²) < 4.78 is 6.41. The maximum absolute atomic E-state index is 11.4. The van der Waals surface area contributed by atoms with Gasteiger partial charge in [0.05, 0.1) is 24.5 Å². The second-order valence-corrected chi connectivity index (χ2v) is 12.0. The molecule has 0 bridgehead atoms. The van der Waals surface area contributed by atoms with Gasteiger partial charge < -0.3 is 24.7 Å². The van der Waals surface area contributed by atoms with Gasteiger partial charge in [0.2, 0.25) is 5.91 Å². The number of fused-ring (bicyclic) bond motifs is 1. The third-order valence-corrected chi connectivity index (χ3v) is 8.87. The van der Waals surface area contributed by atoms with Crippen molar-refractivity contribution in [1.29, 1.82) is 0 Å². The van der Waals surface area contributed by atoms with Crippen LogP contribution in [0, 0.1) is 11.8 Å². The van der Waals surface area contributed by atoms with E-state index in [4.69, 9.17) is 16.3 Å². The zero-order valence-corrected chi connectivity index (χ0v) is 25.1. The number of hydrogen-bond donors (Lipinski definition) is 2. The number of ether oxygens (including phenoxy) is 1. The second kappa shape index (κ2) is 13.9. The molecule has 1 heterocycles. The molecule has 2 aromatic rings. The highest BCUT2D eigenvalue weighted by atomic mass is 35.5. The highest BCUT2D eigenvalue weighted by Crippen LogP contribution is 2.43. The summed E-state index contributed by atoms with van der Waals surface area (Å²) in [4.78, 5) is 15.5. The average Bonchev–Trinajstić information content (AvgIpc) is 3.08.